The molecular formula is C10H7Cl2NO. The number of pyridine rings is 1. The van der Waals surface area contributed by atoms with E-state index in [-0.39, 0.29) is 0 Å². The van der Waals surface area contributed by atoms with E-state index in [0.717, 1.165) is 10.8 Å². The first kappa shape index (κ1) is 9.56. The van der Waals surface area contributed by atoms with Gasteiger partial charge in [0.2, 0.25) is 0 Å². The number of benzene rings is 1. The molecule has 2 rings (SSSR count). The maximum Gasteiger partial charge on any atom is 0.138 e. The Hall–Kier alpha value is -0.990. The summed E-state index contributed by atoms with van der Waals surface area (Å²) in [6.07, 6.45) is 1.62. The minimum Gasteiger partial charge on any atom is -0.495 e. The summed E-state index contributed by atoms with van der Waals surface area (Å²) in [4.78, 5) is 3.97. The van der Waals surface area contributed by atoms with Crippen LogP contribution in [0.5, 0.6) is 5.75 Å². The fourth-order valence-electron chi connectivity index (χ4n) is 1.32. The van der Waals surface area contributed by atoms with Crippen LogP contribution in [-0.4, -0.2) is 12.1 Å². The molecule has 1 aromatic heterocycles. The lowest BCUT2D eigenvalue weighted by Gasteiger charge is -2.06. The fraction of sp³-hybridized carbons (Fsp3) is 0.100. The molecule has 0 radical (unpaired) electrons. The molecule has 0 saturated carbocycles. The molecule has 0 aliphatic carbocycles. The second kappa shape index (κ2) is 3.64. The van der Waals surface area contributed by atoms with Crippen molar-refractivity contribution in [3.05, 3.63) is 34.6 Å². The maximum atomic E-state index is 6.10. The normalized spacial score (nSPS) is 10.5. The third-order valence-corrected chi connectivity index (χ3v) is 2.71. The molecule has 0 amide bonds. The summed E-state index contributed by atoms with van der Waals surface area (Å²) in [7, 11) is 1.58. The van der Waals surface area contributed by atoms with Crippen LogP contribution in [0.1, 0.15) is 0 Å². The highest BCUT2D eigenvalue weighted by molar-refractivity contribution is 6.39. The number of aromatic nitrogens is 1. The van der Waals surface area contributed by atoms with Crippen molar-refractivity contribution in [3.63, 3.8) is 0 Å². The number of halogens is 2. The Morgan fingerprint density at radius 2 is 1.93 bits per heavy atom. The molecular weight excluding hydrogens is 221 g/mol. The van der Waals surface area contributed by atoms with E-state index in [1.807, 2.05) is 12.1 Å². The summed E-state index contributed by atoms with van der Waals surface area (Å²) >= 11 is 12.0. The lowest BCUT2D eigenvalue weighted by Crippen LogP contribution is -1.86. The third kappa shape index (κ3) is 1.41. The summed E-state index contributed by atoms with van der Waals surface area (Å²) in [5.74, 6) is 0.640. The minimum absolute atomic E-state index is 0.451. The first-order chi connectivity index (χ1) is 6.74. The van der Waals surface area contributed by atoms with Crippen molar-refractivity contribution in [1.29, 1.82) is 0 Å². The van der Waals surface area contributed by atoms with Crippen LogP contribution in [0.3, 0.4) is 0 Å². The van der Waals surface area contributed by atoms with E-state index in [0.29, 0.717) is 15.9 Å². The number of ether oxygens (including phenoxy) is 1. The van der Waals surface area contributed by atoms with Crippen molar-refractivity contribution < 1.29 is 4.74 Å². The minimum atomic E-state index is 0.451. The van der Waals surface area contributed by atoms with E-state index in [2.05, 4.69) is 4.98 Å². The Balaban J connectivity index is 2.84. The maximum absolute atomic E-state index is 6.10. The van der Waals surface area contributed by atoms with Crippen LogP contribution in [-0.2, 0) is 0 Å². The number of hydrogen-bond acceptors (Lipinski definition) is 2. The molecule has 72 valence electrons. The van der Waals surface area contributed by atoms with E-state index >= 15 is 0 Å². The van der Waals surface area contributed by atoms with E-state index in [4.69, 9.17) is 27.9 Å². The van der Waals surface area contributed by atoms with E-state index in [9.17, 15) is 0 Å². The molecule has 0 atom stereocenters. The summed E-state index contributed by atoms with van der Waals surface area (Å²) in [6, 6.07) is 5.43. The summed E-state index contributed by atoms with van der Waals surface area (Å²) in [6.45, 7) is 0. The smallest absolute Gasteiger partial charge is 0.138 e. The Morgan fingerprint density at radius 1 is 1.14 bits per heavy atom. The Bertz CT molecular complexity index is 485. The van der Waals surface area contributed by atoms with Gasteiger partial charge in [0, 0.05) is 17.0 Å². The zero-order valence-electron chi connectivity index (χ0n) is 7.42. The van der Waals surface area contributed by atoms with Crippen LogP contribution in [0, 0.1) is 0 Å². The van der Waals surface area contributed by atoms with Gasteiger partial charge in [0.15, 0.2) is 0 Å². The monoisotopic (exact) mass is 227 g/mol. The van der Waals surface area contributed by atoms with Crippen LogP contribution in [0.25, 0.3) is 10.8 Å². The largest absolute Gasteiger partial charge is 0.495 e. The average Bonchev–Trinajstić information content (AvgIpc) is 2.20. The van der Waals surface area contributed by atoms with Crippen molar-refractivity contribution in [2.75, 3.05) is 7.11 Å². The zero-order chi connectivity index (χ0) is 10.1. The second-order valence-electron chi connectivity index (χ2n) is 2.78. The quantitative estimate of drug-likeness (QED) is 0.696. The Morgan fingerprint density at radius 3 is 2.64 bits per heavy atom. The molecule has 4 heteroatoms. The van der Waals surface area contributed by atoms with E-state index in [1.165, 1.54) is 0 Å². The standard InChI is InChI=1S/C10H7Cl2NO/c1-14-8-3-2-7-6(9(8)11)4-5-13-10(7)12/h2-5H,1H3. The van der Waals surface area contributed by atoms with Gasteiger partial charge in [-0.2, -0.15) is 0 Å². The molecule has 0 aliphatic heterocycles. The molecule has 0 aliphatic rings. The van der Waals surface area contributed by atoms with Crippen LogP contribution >= 0.6 is 23.2 Å². The second-order valence-corrected chi connectivity index (χ2v) is 3.51. The number of hydrogen-bond donors (Lipinski definition) is 0. The molecule has 0 N–H and O–H groups in total. The molecule has 0 bridgehead atoms. The van der Waals surface area contributed by atoms with Gasteiger partial charge >= 0.3 is 0 Å². The van der Waals surface area contributed by atoms with Gasteiger partial charge < -0.3 is 4.74 Å². The van der Waals surface area contributed by atoms with Crippen LogP contribution < -0.4 is 4.74 Å². The van der Waals surface area contributed by atoms with Crippen molar-refractivity contribution in [3.8, 4) is 5.75 Å². The molecule has 0 fully saturated rings. The molecule has 2 nitrogen and oxygen atoms in total. The first-order valence-corrected chi connectivity index (χ1v) is 4.76. The SMILES string of the molecule is COc1ccc2c(Cl)nccc2c1Cl. The Kier molecular flexibility index (Phi) is 2.48. The van der Waals surface area contributed by atoms with Gasteiger partial charge in [-0.25, -0.2) is 4.98 Å². The average molecular weight is 228 g/mol. The van der Waals surface area contributed by atoms with Crippen molar-refractivity contribution in [1.82, 2.24) is 4.98 Å². The number of nitrogens with zero attached hydrogens (tertiary/aromatic N) is 1. The molecule has 1 heterocycles. The summed E-state index contributed by atoms with van der Waals surface area (Å²) in [5.41, 5.74) is 0. The highest BCUT2D eigenvalue weighted by atomic mass is 35.5. The highest BCUT2D eigenvalue weighted by Crippen LogP contribution is 2.34. The number of methoxy groups -OCH3 is 1. The lowest BCUT2D eigenvalue weighted by molar-refractivity contribution is 0.415. The predicted octanol–water partition coefficient (Wildman–Crippen LogP) is 3.55. The van der Waals surface area contributed by atoms with Crippen molar-refractivity contribution in [2.45, 2.75) is 0 Å². The van der Waals surface area contributed by atoms with Gasteiger partial charge in [0.25, 0.3) is 0 Å². The summed E-state index contributed by atoms with van der Waals surface area (Å²) < 4.78 is 5.10. The van der Waals surface area contributed by atoms with Gasteiger partial charge in [0.1, 0.15) is 10.9 Å². The predicted molar refractivity (Wildman–Crippen MR) is 58.3 cm³/mol. The first-order valence-electron chi connectivity index (χ1n) is 4.00. The fourth-order valence-corrected chi connectivity index (χ4v) is 1.85. The van der Waals surface area contributed by atoms with Crippen LogP contribution in [0.15, 0.2) is 24.4 Å². The number of fused-ring (bicyclic) bond motifs is 1. The number of rotatable bonds is 1. The summed E-state index contributed by atoms with van der Waals surface area (Å²) in [5, 5.41) is 2.70. The van der Waals surface area contributed by atoms with E-state index in [1.54, 1.807) is 19.4 Å². The molecule has 0 saturated heterocycles. The van der Waals surface area contributed by atoms with Crippen LogP contribution in [0.4, 0.5) is 0 Å². The van der Waals surface area contributed by atoms with Crippen molar-refractivity contribution in [2.24, 2.45) is 0 Å². The van der Waals surface area contributed by atoms with Crippen LogP contribution in [0.2, 0.25) is 10.2 Å². The molecule has 0 unspecified atom stereocenters. The van der Waals surface area contributed by atoms with Crippen molar-refractivity contribution >= 4 is 34.0 Å². The van der Waals surface area contributed by atoms with Gasteiger partial charge in [-0.05, 0) is 18.2 Å². The van der Waals surface area contributed by atoms with E-state index < -0.39 is 0 Å². The highest BCUT2D eigenvalue weighted by Gasteiger charge is 2.07. The molecule has 14 heavy (non-hydrogen) atoms. The Labute approximate surface area is 91.4 Å². The van der Waals surface area contributed by atoms with Gasteiger partial charge in [-0.3, -0.25) is 0 Å². The molecule has 0 spiro atoms. The van der Waals surface area contributed by atoms with Gasteiger partial charge in [-0.1, -0.05) is 23.2 Å². The molecule has 2 aromatic rings. The third-order valence-electron chi connectivity index (χ3n) is 2.02. The molecule has 1 aromatic carbocycles. The topological polar surface area (TPSA) is 22.1 Å². The van der Waals surface area contributed by atoms with Gasteiger partial charge in [-0.15, -0.1) is 0 Å². The van der Waals surface area contributed by atoms with Gasteiger partial charge in [0.05, 0.1) is 12.1 Å². The lowest BCUT2D eigenvalue weighted by atomic mass is 10.2. The zero-order valence-corrected chi connectivity index (χ0v) is 8.93.